The normalized spacial score (nSPS) is 15.3. The largest absolute Gasteiger partial charge is 0.460 e. The fraction of sp³-hybridized carbons (Fsp3) is 1.00. The van der Waals surface area contributed by atoms with E-state index in [1.807, 2.05) is 0 Å². The standard InChI is InChI=1S/C5F12.Na/c6-1(7,2(8,9)4(12,13)14)3(10,11)5(15,16)17;. The molecule has 0 aliphatic carbocycles. The Morgan fingerprint density at radius 3 is 0.611 bits per heavy atom. The number of halogens is 12. The van der Waals surface area contributed by atoms with Gasteiger partial charge in [0.15, 0.2) is 0 Å². The molecule has 18 heavy (non-hydrogen) atoms. The number of rotatable bonds is 2. The van der Waals surface area contributed by atoms with Crippen molar-refractivity contribution in [1.82, 2.24) is 0 Å². The number of hydrogen-bond donors (Lipinski definition) is 0. The van der Waals surface area contributed by atoms with E-state index in [1.165, 1.54) is 0 Å². The molecule has 0 aromatic rings. The van der Waals surface area contributed by atoms with Crippen molar-refractivity contribution in [2.45, 2.75) is 30.1 Å². The van der Waals surface area contributed by atoms with Gasteiger partial charge in [-0.2, -0.15) is 52.7 Å². The maximum atomic E-state index is 12.0. The molecule has 0 spiro atoms. The minimum atomic E-state index is -7.66. The molecular weight excluding hydrogens is 311 g/mol. The molecule has 0 fully saturated rings. The Labute approximate surface area is 113 Å². The van der Waals surface area contributed by atoms with Gasteiger partial charge in [0.1, 0.15) is 0 Å². The minimum absolute atomic E-state index is 0. The fourth-order valence-corrected chi connectivity index (χ4v) is 0.553. The third-order valence-electron chi connectivity index (χ3n) is 1.50. The van der Waals surface area contributed by atoms with Crippen molar-refractivity contribution < 1.29 is 52.7 Å². The fourth-order valence-electron chi connectivity index (χ4n) is 0.553. The molecule has 0 bridgehead atoms. The van der Waals surface area contributed by atoms with E-state index < -0.39 is 30.1 Å². The summed E-state index contributed by atoms with van der Waals surface area (Å²) in [4.78, 5) is 0. The summed E-state index contributed by atoms with van der Waals surface area (Å²) in [6.45, 7) is 0. The van der Waals surface area contributed by atoms with Gasteiger partial charge in [-0.15, -0.1) is 0 Å². The summed E-state index contributed by atoms with van der Waals surface area (Å²) in [5.74, 6) is -22.7. The van der Waals surface area contributed by atoms with Gasteiger partial charge in [-0.3, -0.25) is 0 Å². The first-order valence-corrected chi connectivity index (χ1v) is 3.27. The quantitative estimate of drug-likeness (QED) is 0.539. The van der Waals surface area contributed by atoms with Crippen molar-refractivity contribution in [3.05, 3.63) is 0 Å². The average Bonchev–Trinajstić information content (AvgIpc) is 1.98. The molecule has 1 radical (unpaired) electrons. The topological polar surface area (TPSA) is 0 Å². The Kier molecular flexibility index (Phi) is 5.60. The van der Waals surface area contributed by atoms with Crippen molar-refractivity contribution in [1.29, 1.82) is 0 Å². The second kappa shape index (κ2) is 4.93. The Morgan fingerprint density at radius 1 is 0.333 bits per heavy atom. The second-order valence-corrected chi connectivity index (χ2v) is 2.72. The maximum Gasteiger partial charge on any atom is 0.460 e. The van der Waals surface area contributed by atoms with Gasteiger partial charge < -0.3 is 0 Å². The molecule has 0 heterocycles. The van der Waals surface area contributed by atoms with Crippen LogP contribution >= 0.6 is 0 Å². The predicted molar refractivity (Wildman–Crippen MR) is 32.7 cm³/mol. The van der Waals surface area contributed by atoms with E-state index in [9.17, 15) is 52.7 Å². The molecule has 0 saturated carbocycles. The van der Waals surface area contributed by atoms with Crippen LogP contribution in [0.4, 0.5) is 52.7 Å². The van der Waals surface area contributed by atoms with Gasteiger partial charge in [-0.25, -0.2) is 0 Å². The van der Waals surface area contributed by atoms with E-state index in [4.69, 9.17) is 0 Å². The second-order valence-electron chi connectivity index (χ2n) is 2.72. The number of alkyl halides is 12. The molecule has 0 N–H and O–H groups in total. The van der Waals surface area contributed by atoms with Crippen molar-refractivity contribution in [2.24, 2.45) is 0 Å². The first-order chi connectivity index (χ1) is 7.00. The first kappa shape index (κ1) is 20.5. The van der Waals surface area contributed by atoms with Crippen LogP contribution in [0, 0.1) is 0 Å². The third-order valence-corrected chi connectivity index (χ3v) is 1.50. The molecule has 0 aromatic carbocycles. The predicted octanol–water partition coefficient (Wildman–Crippen LogP) is 3.64. The Bertz CT molecular complexity index is 256. The van der Waals surface area contributed by atoms with Gasteiger partial charge in [0.05, 0.1) is 0 Å². The SMILES string of the molecule is FC(F)(F)C(F)(F)C(F)(F)C(F)(F)C(F)(F)F.[Na]. The van der Waals surface area contributed by atoms with E-state index in [1.54, 1.807) is 0 Å². The van der Waals surface area contributed by atoms with Gasteiger partial charge in [0, 0.05) is 29.6 Å². The summed E-state index contributed by atoms with van der Waals surface area (Å²) in [5.41, 5.74) is 0. The Morgan fingerprint density at radius 2 is 0.500 bits per heavy atom. The van der Waals surface area contributed by atoms with Gasteiger partial charge >= 0.3 is 30.1 Å². The molecule has 0 atom stereocenters. The van der Waals surface area contributed by atoms with Gasteiger partial charge in [-0.05, 0) is 0 Å². The monoisotopic (exact) mass is 311 g/mol. The van der Waals surface area contributed by atoms with Crippen LogP contribution < -0.4 is 0 Å². The van der Waals surface area contributed by atoms with Crippen LogP contribution in [0.2, 0.25) is 0 Å². The van der Waals surface area contributed by atoms with Crippen molar-refractivity contribution in [3.63, 3.8) is 0 Å². The zero-order valence-electron chi connectivity index (χ0n) is 8.04. The van der Waals surface area contributed by atoms with Crippen LogP contribution in [-0.2, 0) is 0 Å². The summed E-state index contributed by atoms with van der Waals surface area (Å²) in [6.07, 6.45) is -14.5. The van der Waals surface area contributed by atoms with Gasteiger partial charge in [-0.1, -0.05) is 0 Å². The molecule has 0 aliphatic rings. The summed E-state index contributed by atoms with van der Waals surface area (Å²) < 4.78 is 139. The van der Waals surface area contributed by atoms with Gasteiger partial charge in [0.2, 0.25) is 0 Å². The van der Waals surface area contributed by atoms with Crippen LogP contribution in [0.1, 0.15) is 0 Å². The zero-order valence-corrected chi connectivity index (χ0v) is 10.0. The smallest absolute Gasteiger partial charge is 0.192 e. The van der Waals surface area contributed by atoms with Crippen LogP contribution in [0.5, 0.6) is 0 Å². The Hall–Kier alpha value is 0.160. The Balaban J connectivity index is 0. The van der Waals surface area contributed by atoms with Crippen LogP contribution in [0.3, 0.4) is 0 Å². The van der Waals surface area contributed by atoms with Gasteiger partial charge in [0.25, 0.3) is 0 Å². The van der Waals surface area contributed by atoms with Crippen LogP contribution in [-0.4, -0.2) is 59.7 Å². The van der Waals surface area contributed by atoms with Crippen molar-refractivity contribution in [2.75, 3.05) is 0 Å². The van der Waals surface area contributed by atoms with E-state index in [0.29, 0.717) is 0 Å². The van der Waals surface area contributed by atoms with Crippen molar-refractivity contribution in [3.8, 4) is 0 Å². The van der Waals surface area contributed by atoms with E-state index in [0.717, 1.165) is 0 Å². The zero-order chi connectivity index (χ0) is 14.5. The first-order valence-electron chi connectivity index (χ1n) is 3.27. The third kappa shape index (κ3) is 2.84. The molecule has 0 nitrogen and oxygen atoms in total. The van der Waals surface area contributed by atoms with E-state index in [-0.39, 0.29) is 29.6 Å². The molecule has 0 aliphatic heterocycles. The van der Waals surface area contributed by atoms with Crippen molar-refractivity contribution >= 4 is 29.6 Å². The van der Waals surface area contributed by atoms with E-state index in [2.05, 4.69) is 0 Å². The molecule has 105 valence electrons. The average molecular weight is 311 g/mol. The molecule has 13 heteroatoms. The summed E-state index contributed by atoms with van der Waals surface area (Å²) in [7, 11) is 0. The summed E-state index contributed by atoms with van der Waals surface area (Å²) in [5, 5.41) is 0. The molecule has 0 unspecified atom stereocenters. The van der Waals surface area contributed by atoms with E-state index >= 15 is 0 Å². The minimum Gasteiger partial charge on any atom is -0.192 e. The maximum absolute atomic E-state index is 12.0. The van der Waals surface area contributed by atoms with Crippen LogP contribution in [0.15, 0.2) is 0 Å². The number of hydrogen-bond acceptors (Lipinski definition) is 0. The van der Waals surface area contributed by atoms with Crippen LogP contribution in [0.25, 0.3) is 0 Å². The molecule has 0 saturated heterocycles. The molecule has 0 rings (SSSR count). The molecule has 0 aromatic heterocycles. The summed E-state index contributed by atoms with van der Waals surface area (Å²) >= 11 is 0. The molecular formula is C5F12Na. The summed E-state index contributed by atoms with van der Waals surface area (Å²) in [6, 6.07) is 0. The molecule has 0 amide bonds.